The lowest BCUT2D eigenvalue weighted by atomic mass is 10.0. The van der Waals surface area contributed by atoms with E-state index >= 15 is 0 Å². The predicted molar refractivity (Wildman–Crippen MR) is 73.1 cm³/mol. The van der Waals surface area contributed by atoms with Gasteiger partial charge in [-0.15, -0.1) is 0 Å². The second kappa shape index (κ2) is 6.55. The molecule has 1 aliphatic heterocycles. The number of carbonyl (C=O) groups excluding carboxylic acids is 1. The highest BCUT2D eigenvalue weighted by molar-refractivity contribution is 5.82. The normalized spacial score (nSPS) is 21.3. The summed E-state index contributed by atoms with van der Waals surface area (Å²) in [5.41, 5.74) is 0.258. The maximum absolute atomic E-state index is 13.3. The van der Waals surface area contributed by atoms with Gasteiger partial charge < -0.3 is 9.84 Å². The number of halogens is 2. The van der Waals surface area contributed by atoms with Crippen LogP contribution in [-0.4, -0.2) is 35.2 Å². The standard InChI is InChI=1S/C15H15F2NO4/c1-22-14(19)5-3-12-2-4-13(18(12)15(20)21)9-6-10(16)8-11(17)7-9/h3,5-8,12-13H,2,4H2,1H3,(H,20,21)/t12-,13+/m1/s1. The lowest BCUT2D eigenvalue weighted by Gasteiger charge is -2.26. The summed E-state index contributed by atoms with van der Waals surface area (Å²) in [7, 11) is 1.22. The lowest BCUT2D eigenvalue weighted by Crippen LogP contribution is -2.35. The fourth-order valence-electron chi connectivity index (χ4n) is 2.65. The summed E-state index contributed by atoms with van der Waals surface area (Å²) in [6.45, 7) is 0. The molecular weight excluding hydrogens is 296 g/mol. The molecule has 1 N–H and O–H groups in total. The highest BCUT2D eigenvalue weighted by Gasteiger charge is 2.37. The highest BCUT2D eigenvalue weighted by Crippen LogP contribution is 2.37. The molecule has 5 nitrogen and oxygen atoms in total. The molecular formula is C15H15F2NO4. The van der Waals surface area contributed by atoms with Crippen molar-refractivity contribution < 1.29 is 28.2 Å². The van der Waals surface area contributed by atoms with Crippen molar-refractivity contribution in [1.82, 2.24) is 4.90 Å². The molecule has 0 aromatic heterocycles. The Labute approximate surface area is 125 Å². The Hall–Kier alpha value is -2.44. The number of ether oxygens (including phenoxy) is 1. The smallest absolute Gasteiger partial charge is 0.408 e. The van der Waals surface area contributed by atoms with Crippen molar-refractivity contribution in [3.63, 3.8) is 0 Å². The largest absolute Gasteiger partial charge is 0.466 e. The highest BCUT2D eigenvalue weighted by atomic mass is 19.1. The van der Waals surface area contributed by atoms with E-state index in [1.165, 1.54) is 13.2 Å². The number of nitrogens with zero attached hydrogens (tertiary/aromatic N) is 1. The van der Waals surface area contributed by atoms with Crippen LogP contribution < -0.4 is 0 Å². The van der Waals surface area contributed by atoms with Gasteiger partial charge in [-0.05, 0) is 30.5 Å². The second-order valence-corrected chi connectivity index (χ2v) is 4.94. The van der Waals surface area contributed by atoms with Crippen LogP contribution in [0.1, 0.15) is 24.4 Å². The maximum Gasteiger partial charge on any atom is 0.408 e. The van der Waals surface area contributed by atoms with Gasteiger partial charge >= 0.3 is 12.1 Å². The molecule has 7 heteroatoms. The Balaban J connectivity index is 2.27. The minimum atomic E-state index is -1.22. The van der Waals surface area contributed by atoms with Crippen LogP contribution in [0.25, 0.3) is 0 Å². The number of amides is 1. The van der Waals surface area contributed by atoms with Crippen molar-refractivity contribution in [2.24, 2.45) is 0 Å². The number of hydrogen-bond acceptors (Lipinski definition) is 3. The van der Waals surface area contributed by atoms with E-state index in [0.29, 0.717) is 12.8 Å². The third-order valence-electron chi connectivity index (χ3n) is 3.58. The minimum absolute atomic E-state index is 0.258. The quantitative estimate of drug-likeness (QED) is 0.688. The summed E-state index contributed by atoms with van der Waals surface area (Å²) in [6.07, 6.45) is 2.21. The molecule has 2 atom stereocenters. The van der Waals surface area contributed by atoms with Crippen molar-refractivity contribution in [3.05, 3.63) is 47.5 Å². The Morgan fingerprint density at radius 2 is 1.91 bits per heavy atom. The summed E-state index contributed by atoms with van der Waals surface area (Å²) in [5.74, 6) is -2.10. The zero-order valence-corrected chi connectivity index (χ0v) is 11.8. The van der Waals surface area contributed by atoms with Gasteiger partial charge in [0.05, 0.1) is 19.2 Å². The van der Waals surface area contributed by atoms with Crippen molar-refractivity contribution in [2.45, 2.75) is 24.9 Å². The first kappa shape index (κ1) is 15.9. The Kier molecular flexibility index (Phi) is 4.75. The molecule has 0 radical (unpaired) electrons. The van der Waals surface area contributed by atoms with Gasteiger partial charge in [-0.2, -0.15) is 0 Å². The number of hydrogen-bond donors (Lipinski definition) is 1. The molecule has 1 aliphatic rings. The van der Waals surface area contributed by atoms with Gasteiger partial charge in [-0.25, -0.2) is 18.4 Å². The van der Waals surface area contributed by atoms with Crippen LogP contribution in [0.3, 0.4) is 0 Å². The van der Waals surface area contributed by atoms with Gasteiger partial charge in [0.1, 0.15) is 11.6 Å². The molecule has 1 fully saturated rings. The molecule has 0 aliphatic carbocycles. The number of carboxylic acid groups (broad SMARTS) is 1. The van der Waals surface area contributed by atoms with Crippen LogP contribution in [0.5, 0.6) is 0 Å². The van der Waals surface area contributed by atoms with Gasteiger partial charge in [-0.3, -0.25) is 4.90 Å². The number of methoxy groups -OCH3 is 1. The number of likely N-dealkylation sites (tertiary alicyclic amines) is 1. The molecule has 118 valence electrons. The zero-order valence-electron chi connectivity index (χ0n) is 11.8. The zero-order chi connectivity index (χ0) is 16.3. The molecule has 0 unspecified atom stereocenters. The van der Waals surface area contributed by atoms with E-state index in [-0.39, 0.29) is 5.56 Å². The molecule has 1 heterocycles. The minimum Gasteiger partial charge on any atom is -0.466 e. The molecule has 1 saturated heterocycles. The van der Waals surface area contributed by atoms with E-state index in [1.54, 1.807) is 0 Å². The fraction of sp³-hybridized carbons (Fsp3) is 0.333. The van der Waals surface area contributed by atoms with E-state index in [1.807, 2.05) is 0 Å². The van der Waals surface area contributed by atoms with E-state index in [4.69, 9.17) is 0 Å². The SMILES string of the molecule is COC(=O)C=C[C@H]1CC[C@@H](c2cc(F)cc(F)c2)N1C(=O)O. The first-order chi connectivity index (χ1) is 10.4. The molecule has 0 bridgehead atoms. The molecule has 0 spiro atoms. The molecule has 1 amide bonds. The average Bonchev–Trinajstić information content (AvgIpc) is 2.87. The number of carbonyl (C=O) groups is 2. The van der Waals surface area contributed by atoms with Crippen LogP contribution in [0.4, 0.5) is 13.6 Å². The molecule has 0 saturated carbocycles. The van der Waals surface area contributed by atoms with Crippen molar-refractivity contribution >= 4 is 12.1 Å². The lowest BCUT2D eigenvalue weighted by molar-refractivity contribution is -0.134. The topological polar surface area (TPSA) is 66.8 Å². The molecule has 2 rings (SSSR count). The molecule has 22 heavy (non-hydrogen) atoms. The van der Waals surface area contributed by atoms with E-state index < -0.39 is 35.8 Å². The van der Waals surface area contributed by atoms with Crippen molar-refractivity contribution in [3.8, 4) is 0 Å². The average molecular weight is 311 g/mol. The Bertz CT molecular complexity index is 597. The first-order valence-electron chi connectivity index (χ1n) is 6.65. The van der Waals surface area contributed by atoms with Crippen LogP contribution >= 0.6 is 0 Å². The predicted octanol–water partition coefficient (Wildman–Crippen LogP) is 2.88. The van der Waals surface area contributed by atoms with Crippen molar-refractivity contribution in [1.29, 1.82) is 0 Å². The Morgan fingerprint density at radius 3 is 2.45 bits per heavy atom. The van der Waals surface area contributed by atoms with Gasteiger partial charge in [0.25, 0.3) is 0 Å². The van der Waals surface area contributed by atoms with E-state index in [0.717, 1.165) is 29.2 Å². The summed E-state index contributed by atoms with van der Waals surface area (Å²) in [6, 6.07) is 1.77. The first-order valence-corrected chi connectivity index (χ1v) is 6.65. The fourth-order valence-corrected chi connectivity index (χ4v) is 2.65. The van der Waals surface area contributed by atoms with Gasteiger partial charge in [0.15, 0.2) is 0 Å². The summed E-state index contributed by atoms with van der Waals surface area (Å²) < 4.78 is 31.1. The molecule has 1 aromatic rings. The van der Waals surface area contributed by atoms with Crippen LogP contribution in [0.15, 0.2) is 30.4 Å². The number of esters is 1. The number of benzene rings is 1. The van der Waals surface area contributed by atoms with E-state index in [2.05, 4.69) is 4.74 Å². The maximum atomic E-state index is 13.3. The second-order valence-electron chi connectivity index (χ2n) is 4.94. The van der Waals surface area contributed by atoms with Crippen LogP contribution in [0, 0.1) is 11.6 Å². The van der Waals surface area contributed by atoms with E-state index in [9.17, 15) is 23.5 Å². The van der Waals surface area contributed by atoms with Gasteiger partial charge in [0, 0.05) is 12.1 Å². The van der Waals surface area contributed by atoms with Crippen LogP contribution in [-0.2, 0) is 9.53 Å². The number of rotatable bonds is 3. The summed E-state index contributed by atoms with van der Waals surface area (Å²) >= 11 is 0. The third-order valence-corrected chi connectivity index (χ3v) is 3.58. The van der Waals surface area contributed by atoms with Crippen molar-refractivity contribution in [2.75, 3.05) is 7.11 Å². The summed E-state index contributed by atoms with van der Waals surface area (Å²) in [4.78, 5) is 23.7. The Morgan fingerprint density at radius 1 is 1.27 bits per heavy atom. The summed E-state index contributed by atoms with van der Waals surface area (Å²) in [5, 5.41) is 9.36. The third kappa shape index (κ3) is 3.41. The van der Waals surface area contributed by atoms with Gasteiger partial charge in [-0.1, -0.05) is 6.08 Å². The van der Waals surface area contributed by atoms with Gasteiger partial charge in [0.2, 0.25) is 0 Å². The molecule has 1 aromatic carbocycles. The van der Waals surface area contributed by atoms with Crippen LogP contribution in [0.2, 0.25) is 0 Å². The monoisotopic (exact) mass is 311 g/mol.